The lowest BCUT2D eigenvalue weighted by Crippen LogP contribution is -2.13. The minimum Gasteiger partial charge on any atom is -0.293 e. The van der Waals surface area contributed by atoms with Crippen LogP contribution in [0.1, 0.15) is 41.6 Å². The standard InChI is InChI=1S/C18H19O/c1-2-3-14-17(15-10-6-4-7-11-15)18(19)16-12-8-5-9-13-16/h4-14,17H,2-3H2,1H3. The molecule has 19 heavy (non-hydrogen) atoms. The molecule has 0 heterocycles. The maximum absolute atomic E-state index is 12.6. The summed E-state index contributed by atoms with van der Waals surface area (Å²) in [5, 5.41) is 0. The van der Waals surface area contributed by atoms with Crippen molar-refractivity contribution in [1.29, 1.82) is 0 Å². The van der Waals surface area contributed by atoms with Crippen LogP contribution in [0.3, 0.4) is 0 Å². The van der Waals surface area contributed by atoms with Gasteiger partial charge in [-0.15, -0.1) is 0 Å². The van der Waals surface area contributed by atoms with Crippen molar-refractivity contribution in [2.45, 2.75) is 25.7 Å². The highest BCUT2D eigenvalue weighted by atomic mass is 16.1. The summed E-state index contributed by atoms with van der Waals surface area (Å²) in [4.78, 5) is 12.6. The van der Waals surface area contributed by atoms with Crippen molar-refractivity contribution < 1.29 is 4.79 Å². The Morgan fingerprint density at radius 3 is 2.16 bits per heavy atom. The van der Waals surface area contributed by atoms with Crippen LogP contribution in [0.2, 0.25) is 0 Å². The van der Waals surface area contributed by atoms with Gasteiger partial charge < -0.3 is 0 Å². The first-order chi connectivity index (χ1) is 9.33. The number of hydrogen-bond acceptors (Lipinski definition) is 1. The fourth-order valence-electron chi connectivity index (χ4n) is 2.17. The van der Waals surface area contributed by atoms with E-state index in [1.165, 1.54) is 0 Å². The third kappa shape index (κ3) is 3.54. The number of rotatable bonds is 6. The molecule has 1 heteroatoms. The molecule has 0 aliphatic carbocycles. The van der Waals surface area contributed by atoms with Crippen molar-refractivity contribution in [3.05, 3.63) is 78.2 Å². The van der Waals surface area contributed by atoms with E-state index in [2.05, 4.69) is 13.3 Å². The molecule has 1 unspecified atom stereocenters. The van der Waals surface area contributed by atoms with Crippen LogP contribution in [0, 0.1) is 6.42 Å². The largest absolute Gasteiger partial charge is 0.293 e. The first kappa shape index (κ1) is 13.5. The van der Waals surface area contributed by atoms with Crippen LogP contribution < -0.4 is 0 Å². The first-order valence-corrected chi connectivity index (χ1v) is 6.80. The molecule has 2 aromatic rings. The molecule has 97 valence electrons. The Bertz CT molecular complexity index is 502. The lowest BCUT2D eigenvalue weighted by molar-refractivity contribution is 0.0969. The van der Waals surface area contributed by atoms with Crippen molar-refractivity contribution in [2.24, 2.45) is 0 Å². The van der Waals surface area contributed by atoms with E-state index in [9.17, 15) is 4.79 Å². The molecule has 1 radical (unpaired) electrons. The number of unbranched alkanes of at least 4 members (excludes halogenated alkanes) is 1. The molecule has 0 aliphatic rings. The topological polar surface area (TPSA) is 17.1 Å². The number of Topliss-reactive ketones (excluding diaryl/α,β-unsaturated/α-hetero) is 1. The van der Waals surface area contributed by atoms with Gasteiger partial charge >= 0.3 is 0 Å². The molecule has 0 aliphatic heterocycles. The predicted octanol–water partition coefficient (Wildman–Crippen LogP) is 4.66. The van der Waals surface area contributed by atoms with Gasteiger partial charge in [0.25, 0.3) is 0 Å². The molecule has 2 aromatic carbocycles. The molecule has 1 atom stereocenters. The summed E-state index contributed by atoms with van der Waals surface area (Å²) in [6, 6.07) is 19.5. The molecule has 0 spiro atoms. The number of benzene rings is 2. The number of hydrogen-bond donors (Lipinski definition) is 0. The highest BCUT2D eigenvalue weighted by molar-refractivity contribution is 6.01. The second kappa shape index (κ2) is 6.89. The summed E-state index contributed by atoms with van der Waals surface area (Å²) >= 11 is 0. The highest BCUT2D eigenvalue weighted by Crippen LogP contribution is 2.25. The Hall–Kier alpha value is -1.89. The van der Waals surface area contributed by atoms with Gasteiger partial charge in [0.2, 0.25) is 0 Å². The Kier molecular flexibility index (Phi) is 4.91. The Morgan fingerprint density at radius 1 is 1.00 bits per heavy atom. The lowest BCUT2D eigenvalue weighted by Gasteiger charge is -2.15. The third-order valence-corrected chi connectivity index (χ3v) is 3.19. The van der Waals surface area contributed by atoms with Crippen LogP contribution in [0.5, 0.6) is 0 Å². The average Bonchev–Trinajstić information content (AvgIpc) is 2.49. The van der Waals surface area contributed by atoms with Crippen molar-refractivity contribution in [3.63, 3.8) is 0 Å². The van der Waals surface area contributed by atoms with Gasteiger partial charge in [-0.25, -0.2) is 0 Å². The quantitative estimate of drug-likeness (QED) is 0.682. The van der Waals surface area contributed by atoms with Gasteiger partial charge in [-0.2, -0.15) is 0 Å². The fraction of sp³-hybridized carbons (Fsp3) is 0.222. The maximum atomic E-state index is 12.6. The van der Waals surface area contributed by atoms with E-state index in [0.29, 0.717) is 0 Å². The predicted molar refractivity (Wildman–Crippen MR) is 79.2 cm³/mol. The van der Waals surface area contributed by atoms with Crippen LogP contribution >= 0.6 is 0 Å². The van der Waals surface area contributed by atoms with E-state index in [1.807, 2.05) is 60.7 Å². The van der Waals surface area contributed by atoms with Gasteiger partial charge in [0.1, 0.15) is 0 Å². The highest BCUT2D eigenvalue weighted by Gasteiger charge is 2.21. The molecule has 0 aromatic heterocycles. The molecule has 0 amide bonds. The molecular weight excluding hydrogens is 232 g/mol. The number of ketones is 1. The van der Waals surface area contributed by atoms with E-state index in [4.69, 9.17) is 0 Å². The monoisotopic (exact) mass is 251 g/mol. The van der Waals surface area contributed by atoms with E-state index in [-0.39, 0.29) is 11.7 Å². The number of carbonyl (C=O) groups is 1. The van der Waals surface area contributed by atoms with E-state index < -0.39 is 0 Å². The summed E-state index contributed by atoms with van der Waals surface area (Å²) in [6.07, 6.45) is 4.15. The second-order valence-electron chi connectivity index (χ2n) is 4.64. The van der Waals surface area contributed by atoms with Gasteiger partial charge in [-0.3, -0.25) is 4.79 Å². The smallest absolute Gasteiger partial charge is 0.170 e. The molecular formula is C18H19O. The molecule has 0 saturated heterocycles. The summed E-state index contributed by atoms with van der Waals surface area (Å²) in [7, 11) is 0. The van der Waals surface area contributed by atoms with Crippen LogP contribution in [0.15, 0.2) is 60.7 Å². The zero-order chi connectivity index (χ0) is 13.5. The summed E-state index contributed by atoms with van der Waals surface area (Å²) in [5.41, 5.74) is 1.86. The SMILES string of the molecule is CCC[CH]C(C(=O)c1ccccc1)c1ccccc1. The van der Waals surface area contributed by atoms with Crippen LogP contribution in [0.4, 0.5) is 0 Å². The molecule has 0 saturated carbocycles. The van der Waals surface area contributed by atoms with Gasteiger partial charge in [0.05, 0.1) is 5.92 Å². The Labute approximate surface area is 115 Å². The second-order valence-corrected chi connectivity index (χ2v) is 4.64. The molecule has 0 N–H and O–H groups in total. The van der Waals surface area contributed by atoms with Gasteiger partial charge in [-0.1, -0.05) is 74.0 Å². The maximum Gasteiger partial charge on any atom is 0.170 e. The van der Waals surface area contributed by atoms with Crippen molar-refractivity contribution in [2.75, 3.05) is 0 Å². The minimum absolute atomic E-state index is 0.136. The molecule has 0 fully saturated rings. The van der Waals surface area contributed by atoms with E-state index >= 15 is 0 Å². The van der Waals surface area contributed by atoms with E-state index in [1.54, 1.807) is 0 Å². The van der Waals surface area contributed by atoms with Gasteiger partial charge in [-0.05, 0) is 18.4 Å². The van der Waals surface area contributed by atoms with Crippen LogP contribution in [-0.4, -0.2) is 5.78 Å². The van der Waals surface area contributed by atoms with Gasteiger partial charge in [0, 0.05) is 5.56 Å². The average molecular weight is 251 g/mol. The normalized spacial score (nSPS) is 12.1. The van der Waals surface area contributed by atoms with Crippen molar-refractivity contribution in [1.82, 2.24) is 0 Å². The fourth-order valence-corrected chi connectivity index (χ4v) is 2.17. The molecule has 1 nitrogen and oxygen atoms in total. The van der Waals surface area contributed by atoms with Crippen LogP contribution in [0.25, 0.3) is 0 Å². The zero-order valence-electron chi connectivity index (χ0n) is 11.3. The minimum atomic E-state index is -0.136. The Morgan fingerprint density at radius 2 is 1.58 bits per heavy atom. The molecule has 2 rings (SSSR count). The van der Waals surface area contributed by atoms with Crippen LogP contribution in [-0.2, 0) is 0 Å². The van der Waals surface area contributed by atoms with Crippen molar-refractivity contribution in [3.8, 4) is 0 Å². The van der Waals surface area contributed by atoms with Gasteiger partial charge in [0.15, 0.2) is 5.78 Å². The molecule has 0 bridgehead atoms. The van der Waals surface area contributed by atoms with E-state index in [0.717, 1.165) is 24.0 Å². The summed E-state index contributed by atoms with van der Waals surface area (Å²) in [5.74, 6) is 0.0452. The zero-order valence-corrected chi connectivity index (χ0v) is 11.3. The Balaban J connectivity index is 2.25. The third-order valence-electron chi connectivity index (χ3n) is 3.19. The lowest BCUT2D eigenvalue weighted by atomic mass is 9.87. The first-order valence-electron chi connectivity index (χ1n) is 6.80. The number of carbonyl (C=O) groups excluding carboxylic acids is 1. The summed E-state index contributed by atoms with van der Waals surface area (Å²) in [6.45, 7) is 2.13. The van der Waals surface area contributed by atoms with Crippen molar-refractivity contribution >= 4 is 5.78 Å². The summed E-state index contributed by atoms with van der Waals surface area (Å²) < 4.78 is 0.